The van der Waals surface area contributed by atoms with Gasteiger partial charge in [0.05, 0.1) is 11.6 Å². The summed E-state index contributed by atoms with van der Waals surface area (Å²) < 4.78 is 13.0. The first-order valence-corrected chi connectivity index (χ1v) is 11.9. The molecule has 6 heteroatoms. The van der Waals surface area contributed by atoms with Gasteiger partial charge in [-0.05, 0) is 66.9 Å². The number of halogens is 1. The van der Waals surface area contributed by atoms with Crippen molar-refractivity contribution in [1.82, 2.24) is 5.32 Å². The predicted molar refractivity (Wildman–Crippen MR) is 130 cm³/mol. The van der Waals surface area contributed by atoms with Crippen LogP contribution in [0.4, 0.5) is 0 Å². The number of nitrogens with one attached hydrogen (secondary N) is 1. The Morgan fingerprint density at radius 2 is 1.73 bits per heavy atom. The van der Waals surface area contributed by atoms with Crippen LogP contribution in [0.3, 0.4) is 0 Å². The number of rotatable bonds is 7. The third-order valence-electron chi connectivity index (χ3n) is 5.60. The highest BCUT2D eigenvalue weighted by molar-refractivity contribution is 9.10. The van der Waals surface area contributed by atoms with Gasteiger partial charge in [0.25, 0.3) is 5.91 Å². The molecule has 1 N–H and O–H groups in total. The Hall–Kier alpha value is -3.30. The molecule has 0 unspecified atom stereocenters. The normalized spacial score (nSPS) is 13.7. The van der Waals surface area contributed by atoms with Gasteiger partial charge in [0.1, 0.15) is 23.9 Å². The van der Waals surface area contributed by atoms with Gasteiger partial charge in [-0.1, -0.05) is 47.3 Å². The Balaban J connectivity index is 1.55. The zero-order valence-electron chi connectivity index (χ0n) is 18.2. The highest BCUT2D eigenvalue weighted by Gasteiger charge is 2.18. The third-order valence-corrected chi connectivity index (χ3v) is 6.09. The summed E-state index contributed by atoms with van der Waals surface area (Å²) in [7, 11) is 0. The molecule has 0 bridgehead atoms. The molecule has 5 nitrogen and oxygen atoms in total. The minimum Gasteiger partial charge on any atom is -0.489 e. The Morgan fingerprint density at radius 1 is 0.970 bits per heavy atom. The minimum atomic E-state index is -0.125. The lowest BCUT2D eigenvalue weighted by Gasteiger charge is -2.23. The molecule has 0 aliphatic heterocycles. The highest BCUT2D eigenvalue weighted by atomic mass is 79.9. The number of hydrogen-bond donors (Lipinski definition) is 1. The lowest BCUT2D eigenvalue weighted by atomic mass is 9.95. The van der Waals surface area contributed by atoms with Crippen molar-refractivity contribution in [2.75, 3.05) is 0 Å². The molecule has 168 valence electrons. The molecule has 1 saturated carbocycles. The van der Waals surface area contributed by atoms with Gasteiger partial charge in [0, 0.05) is 22.1 Å². The molecule has 4 rings (SSSR count). The summed E-state index contributed by atoms with van der Waals surface area (Å²) in [6, 6.07) is 22.3. The van der Waals surface area contributed by atoms with Crippen LogP contribution in [0.25, 0.3) is 0 Å². The maximum Gasteiger partial charge on any atom is 0.251 e. The third kappa shape index (κ3) is 6.59. The number of benzene rings is 3. The second-order valence-corrected chi connectivity index (χ2v) is 9.07. The molecule has 33 heavy (non-hydrogen) atoms. The van der Waals surface area contributed by atoms with Crippen molar-refractivity contribution in [3.63, 3.8) is 0 Å². The standard InChI is InChI=1S/C27H25BrN2O3/c28-22-6-4-5-20(13-22)18-32-25-14-21(27(31)30-23-7-2-1-3-8-23)15-26(16-25)33-24-11-9-19(17-29)10-12-24/h4-6,9-16,23H,1-3,7-8,18H2,(H,30,31). The number of nitriles is 1. The van der Waals surface area contributed by atoms with E-state index in [0.717, 1.165) is 35.7 Å². The van der Waals surface area contributed by atoms with Crippen molar-refractivity contribution < 1.29 is 14.3 Å². The maximum atomic E-state index is 13.0. The molecule has 3 aromatic rings. The summed E-state index contributed by atoms with van der Waals surface area (Å²) >= 11 is 3.48. The largest absolute Gasteiger partial charge is 0.489 e. The summed E-state index contributed by atoms with van der Waals surface area (Å²) in [6.07, 6.45) is 5.55. The molecule has 0 aromatic heterocycles. The Labute approximate surface area is 202 Å². The Bertz CT molecular complexity index is 1150. The first-order chi connectivity index (χ1) is 16.1. The van der Waals surface area contributed by atoms with Gasteiger partial charge in [0.2, 0.25) is 0 Å². The van der Waals surface area contributed by atoms with Crippen molar-refractivity contribution in [2.24, 2.45) is 0 Å². The van der Waals surface area contributed by atoms with E-state index in [1.165, 1.54) is 6.42 Å². The molecular weight excluding hydrogens is 480 g/mol. The van der Waals surface area contributed by atoms with Crippen LogP contribution in [-0.4, -0.2) is 11.9 Å². The highest BCUT2D eigenvalue weighted by Crippen LogP contribution is 2.29. The van der Waals surface area contributed by atoms with Crippen molar-refractivity contribution in [3.8, 4) is 23.3 Å². The lowest BCUT2D eigenvalue weighted by molar-refractivity contribution is 0.0927. The predicted octanol–water partition coefficient (Wildman–Crippen LogP) is 6.75. The monoisotopic (exact) mass is 504 g/mol. The summed E-state index contributed by atoms with van der Waals surface area (Å²) in [6.45, 7) is 0.365. The molecule has 1 aliphatic rings. The van der Waals surface area contributed by atoms with Crippen LogP contribution in [0.15, 0.2) is 71.2 Å². The molecular formula is C27H25BrN2O3. The van der Waals surface area contributed by atoms with Gasteiger partial charge < -0.3 is 14.8 Å². The van der Waals surface area contributed by atoms with Gasteiger partial charge >= 0.3 is 0 Å². The van der Waals surface area contributed by atoms with E-state index in [1.54, 1.807) is 42.5 Å². The molecule has 0 radical (unpaired) electrons. The Kier molecular flexibility index (Phi) is 7.64. The molecule has 1 fully saturated rings. The number of amides is 1. The van der Waals surface area contributed by atoms with Crippen molar-refractivity contribution in [2.45, 2.75) is 44.8 Å². The van der Waals surface area contributed by atoms with Crippen LogP contribution in [-0.2, 0) is 6.61 Å². The van der Waals surface area contributed by atoms with Crippen LogP contribution >= 0.6 is 15.9 Å². The fraction of sp³-hybridized carbons (Fsp3) is 0.259. The van der Waals surface area contributed by atoms with E-state index in [-0.39, 0.29) is 11.9 Å². The first kappa shape index (κ1) is 22.9. The SMILES string of the molecule is N#Cc1ccc(Oc2cc(OCc3cccc(Br)c3)cc(C(=O)NC3CCCCC3)c2)cc1. The van der Waals surface area contributed by atoms with E-state index < -0.39 is 0 Å². The first-order valence-electron chi connectivity index (χ1n) is 11.1. The zero-order valence-corrected chi connectivity index (χ0v) is 19.8. The van der Waals surface area contributed by atoms with E-state index >= 15 is 0 Å². The van der Waals surface area contributed by atoms with Gasteiger partial charge in [-0.3, -0.25) is 4.79 Å². The number of hydrogen-bond acceptors (Lipinski definition) is 4. The number of carbonyl (C=O) groups is 1. The fourth-order valence-corrected chi connectivity index (χ4v) is 4.33. The van der Waals surface area contributed by atoms with Crippen molar-refractivity contribution in [1.29, 1.82) is 5.26 Å². The maximum absolute atomic E-state index is 13.0. The molecule has 3 aromatic carbocycles. The molecule has 0 spiro atoms. The molecule has 0 saturated heterocycles. The van der Waals surface area contributed by atoms with Gasteiger partial charge in [-0.25, -0.2) is 0 Å². The van der Waals surface area contributed by atoms with Crippen molar-refractivity contribution in [3.05, 3.63) is 87.9 Å². The van der Waals surface area contributed by atoms with Crippen LogP contribution < -0.4 is 14.8 Å². The van der Waals surface area contributed by atoms with Crippen molar-refractivity contribution >= 4 is 21.8 Å². The van der Waals surface area contributed by atoms with E-state index in [9.17, 15) is 4.79 Å². The van der Waals surface area contributed by atoms with Crippen LogP contribution in [0, 0.1) is 11.3 Å². The number of nitrogens with zero attached hydrogens (tertiary/aromatic N) is 1. The second-order valence-electron chi connectivity index (χ2n) is 8.16. The summed E-state index contributed by atoms with van der Waals surface area (Å²) in [5, 5.41) is 12.2. The average molecular weight is 505 g/mol. The summed E-state index contributed by atoms with van der Waals surface area (Å²) in [4.78, 5) is 13.0. The van der Waals surface area contributed by atoms with E-state index in [0.29, 0.717) is 35.0 Å². The van der Waals surface area contributed by atoms with E-state index in [2.05, 4.69) is 27.3 Å². The van der Waals surface area contributed by atoms with E-state index in [1.807, 2.05) is 24.3 Å². The smallest absolute Gasteiger partial charge is 0.251 e. The van der Waals surface area contributed by atoms with E-state index in [4.69, 9.17) is 14.7 Å². The van der Waals surface area contributed by atoms with Crippen LogP contribution in [0.5, 0.6) is 17.2 Å². The number of ether oxygens (including phenoxy) is 2. The van der Waals surface area contributed by atoms with Crippen LogP contribution in [0.1, 0.15) is 53.6 Å². The summed E-state index contributed by atoms with van der Waals surface area (Å²) in [5.41, 5.74) is 2.06. The molecule has 1 aliphatic carbocycles. The van der Waals surface area contributed by atoms with Gasteiger partial charge in [0.15, 0.2) is 0 Å². The zero-order chi connectivity index (χ0) is 23.0. The molecule has 0 heterocycles. The topological polar surface area (TPSA) is 71.3 Å². The van der Waals surface area contributed by atoms with Crippen LogP contribution in [0.2, 0.25) is 0 Å². The van der Waals surface area contributed by atoms with Gasteiger partial charge in [-0.15, -0.1) is 0 Å². The molecule has 0 atom stereocenters. The quantitative estimate of drug-likeness (QED) is 0.386. The fourth-order valence-electron chi connectivity index (χ4n) is 3.89. The molecule has 1 amide bonds. The average Bonchev–Trinajstić information content (AvgIpc) is 2.84. The second kappa shape index (κ2) is 11.0. The summed E-state index contributed by atoms with van der Waals surface area (Å²) in [5.74, 6) is 1.51. The van der Waals surface area contributed by atoms with Gasteiger partial charge in [-0.2, -0.15) is 5.26 Å². The lowest BCUT2D eigenvalue weighted by Crippen LogP contribution is -2.36. The number of carbonyl (C=O) groups excluding carboxylic acids is 1. The minimum absolute atomic E-state index is 0.125. The Morgan fingerprint density at radius 3 is 2.45 bits per heavy atom.